The van der Waals surface area contributed by atoms with Crippen molar-refractivity contribution >= 4 is 40.4 Å². The fourth-order valence-electron chi connectivity index (χ4n) is 2.01. The van der Waals surface area contributed by atoms with Crippen molar-refractivity contribution < 1.29 is 9.53 Å². The molecule has 3 rings (SSSR count). The summed E-state index contributed by atoms with van der Waals surface area (Å²) in [5.41, 5.74) is 1.63. The van der Waals surface area contributed by atoms with Crippen LogP contribution in [-0.4, -0.2) is 32.5 Å². The number of nitrogens with one attached hydrogen (secondary N) is 1. The Bertz CT molecular complexity index is 705. The Kier molecular flexibility index (Phi) is 2.79. The number of hydrogen-bond donors (Lipinski definition) is 1. The van der Waals surface area contributed by atoms with E-state index in [0.717, 1.165) is 16.6 Å². The number of pyridine rings is 1. The maximum atomic E-state index is 12.0. The molecule has 2 aromatic rings. The number of rotatable bonds is 2. The van der Waals surface area contributed by atoms with Gasteiger partial charge in [0.25, 0.3) is 11.1 Å². The molecule has 5 nitrogen and oxygen atoms in total. The second-order valence-electron chi connectivity index (χ2n) is 4.07. The molecular formula is C13H11N3O2S. The fraction of sp³-hybridized carbons (Fsp3) is 0.154. The number of carbonyl (C=O) groups is 1. The van der Waals surface area contributed by atoms with E-state index < -0.39 is 0 Å². The van der Waals surface area contributed by atoms with Gasteiger partial charge in [0.2, 0.25) is 0 Å². The molecular weight excluding hydrogens is 262 g/mol. The number of nitrogens with zero attached hydrogens (tertiary/aromatic N) is 2. The van der Waals surface area contributed by atoms with E-state index in [9.17, 15) is 4.79 Å². The van der Waals surface area contributed by atoms with Crippen molar-refractivity contribution in [2.75, 3.05) is 6.54 Å². The number of likely N-dealkylation sites (N-methyl/N-ethyl adjacent to an activating group) is 1. The van der Waals surface area contributed by atoms with Crippen LogP contribution in [0, 0.1) is 0 Å². The van der Waals surface area contributed by atoms with Crippen LogP contribution >= 0.6 is 12.2 Å². The molecule has 1 fully saturated rings. The summed E-state index contributed by atoms with van der Waals surface area (Å²) in [4.78, 5) is 20.7. The Hall–Kier alpha value is -2.21. The van der Waals surface area contributed by atoms with Gasteiger partial charge in [0.1, 0.15) is 5.65 Å². The summed E-state index contributed by atoms with van der Waals surface area (Å²) >= 11 is 5.01. The Morgan fingerprint density at radius 3 is 3.16 bits per heavy atom. The number of ether oxygens (including phenoxy) is 1. The molecule has 2 aromatic heterocycles. The van der Waals surface area contributed by atoms with Crippen molar-refractivity contribution in [3.05, 3.63) is 35.8 Å². The molecule has 0 atom stereocenters. The van der Waals surface area contributed by atoms with Gasteiger partial charge in [-0.15, -0.1) is 0 Å². The molecule has 0 radical (unpaired) electrons. The summed E-state index contributed by atoms with van der Waals surface area (Å²) in [6.45, 7) is 2.36. The predicted octanol–water partition coefficient (Wildman–Crippen LogP) is 2.07. The molecule has 0 aliphatic carbocycles. The number of carbonyl (C=O) groups excluding carboxylic acids is 1. The van der Waals surface area contributed by atoms with Gasteiger partial charge >= 0.3 is 0 Å². The van der Waals surface area contributed by atoms with E-state index in [1.54, 1.807) is 18.5 Å². The first-order valence-electron chi connectivity index (χ1n) is 5.88. The third-order valence-corrected chi connectivity index (χ3v) is 3.26. The summed E-state index contributed by atoms with van der Waals surface area (Å²) in [5, 5.41) is 1.14. The largest absolute Gasteiger partial charge is 0.426 e. The maximum Gasteiger partial charge on any atom is 0.297 e. The van der Waals surface area contributed by atoms with Crippen LogP contribution in [0.4, 0.5) is 0 Å². The molecule has 1 amide bonds. The number of fused-ring (bicyclic) bond motifs is 1. The lowest BCUT2D eigenvalue weighted by Crippen LogP contribution is -2.27. The molecule has 1 N–H and O–H groups in total. The number of amides is 1. The molecule has 19 heavy (non-hydrogen) atoms. The minimum atomic E-state index is -0.203. The zero-order chi connectivity index (χ0) is 13.4. The van der Waals surface area contributed by atoms with Gasteiger partial charge in [-0.2, -0.15) is 0 Å². The van der Waals surface area contributed by atoms with Crippen molar-refractivity contribution in [1.82, 2.24) is 14.9 Å². The molecule has 96 valence electrons. The minimum Gasteiger partial charge on any atom is -0.426 e. The molecule has 0 spiro atoms. The highest BCUT2D eigenvalue weighted by Crippen LogP contribution is 2.23. The van der Waals surface area contributed by atoms with E-state index in [0.29, 0.717) is 6.54 Å². The van der Waals surface area contributed by atoms with Gasteiger partial charge in [0.15, 0.2) is 5.76 Å². The fourth-order valence-corrected chi connectivity index (χ4v) is 2.31. The highest BCUT2D eigenvalue weighted by Gasteiger charge is 2.32. The predicted molar refractivity (Wildman–Crippen MR) is 75.1 cm³/mol. The standard InChI is InChI=1S/C13H11N3O2S/c1-2-16-12(17)10(18-13(16)19)6-8-7-15-11-9(8)4-3-5-14-11/h3-7H,2H2,1H3,(H,14,15)/b10-6-. The first kappa shape index (κ1) is 11.9. The van der Waals surface area contributed by atoms with Gasteiger partial charge < -0.3 is 9.72 Å². The first-order valence-corrected chi connectivity index (χ1v) is 6.29. The molecule has 3 heterocycles. The zero-order valence-corrected chi connectivity index (χ0v) is 11.0. The van der Waals surface area contributed by atoms with Gasteiger partial charge in [-0.05, 0) is 37.4 Å². The Morgan fingerprint density at radius 2 is 2.42 bits per heavy atom. The van der Waals surface area contributed by atoms with Crippen LogP contribution < -0.4 is 0 Å². The second kappa shape index (κ2) is 4.47. The number of aromatic nitrogens is 2. The van der Waals surface area contributed by atoms with E-state index in [1.165, 1.54) is 4.90 Å². The lowest BCUT2D eigenvalue weighted by molar-refractivity contribution is -0.122. The molecule has 1 saturated heterocycles. The molecule has 0 aromatic carbocycles. The SMILES string of the molecule is CCN1C(=O)/C(=C/c2c[nH]c3ncccc23)OC1=S. The summed E-state index contributed by atoms with van der Waals surface area (Å²) in [6.07, 6.45) is 5.19. The molecule has 0 bridgehead atoms. The highest BCUT2D eigenvalue weighted by molar-refractivity contribution is 7.80. The quantitative estimate of drug-likeness (QED) is 0.672. The Morgan fingerprint density at radius 1 is 1.58 bits per heavy atom. The van der Waals surface area contributed by atoms with E-state index >= 15 is 0 Å². The maximum absolute atomic E-state index is 12.0. The number of aromatic amines is 1. The number of H-pyrrole nitrogens is 1. The summed E-state index contributed by atoms with van der Waals surface area (Å²) in [7, 11) is 0. The lowest BCUT2D eigenvalue weighted by Gasteiger charge is -2.06. The number of hydrogen-bond acceptors (Lipinski definition) is 4. The molecule has 6 heteroatoms. The van der Waals surface area contributed by atoms with Crippen LogP contribution in [0.25, 0.3) is 17.1 Å². The average Bonchev–Trinajstić information content (AvgIpc) is 2.93. The normalized spacial score (nSPS) is 17.5. The highest BCUT2D eigenvalue weighted by atomic mass is 32.1. The molecule has 0 saturated carbocycles. The van der Waals surface area contributed by atoms with E-state index in [2.05, 4.69) is 9.97 Å². The van der Waals surface area contributed by atoms with Crippen LogP contribution in [0.15, 0.2) is 30.3 Å². The van der Waals surface area contributed by atoms with Crippen LogP contribution in [0.5, 0.6) is 0 Å². The van der Waals surface area contributed by atoms with Gasteiger partial charge in [-0.1, -0.05) is 0 Å². The Balaban J connectivity index is 2.03. The summed E-state index contributed by atoms with van der Waals surface area (Å²) in [6, 6.07) is 3.78. The van der Waals surface area contributed by atoms with Crippen molar-refractivity contribution in [3.8, 4) is 0 Å². The first-order chi connectivity index (χ1) is 9.20. The smallest absolute Gasteiger partial charge is 0.297 e. The Labute approximate surface area is 114 Å². The molecule has 1 aliphatic heterocycles. The zero-order valence-electron chi connectivity index (χ0n) is 10.2. The number of thiocarbonyl (C=S) groups is 1. The summed E-state index contributed by atoms with van der Waals surface area (Å²) in [5.74, 6) is 0.0438. The molecule has 1 aliphatic rings. The van der Waals surface area contributed by atoms with Gasteiger partial charge in [0.05, 0.1) is 0 Å². The second-order valence-corrected chi connectivity index (χ2v) is 4.42. The van der Waals surface area contributed by atoms with Crippen LogP contribution in [0.3, 0.4) is 0 Å². The van der Waals surface area contributed by atoms with Crippen molar-refractivity contribution in [3.63, 3.8) is 0 Å². The van der Waals surface area contributed by atoms with Crippen LogP contribution in [0.1, 0.15) is 12.5 Å². The van der Waals surface area contributed by atoms with Gasteiger partial charge in [-0.25, -0.2) is 4.98 Å². The van der Waals surface area contributed by atoms with E-state index in [-0.39, 0.29) is 16.8 Å². The van der Waals surface area contributed by atoms with Gasteiger partial charge in [-0.3, -0.25) is 9.69 Å². The third kappa shape index (κ3) is 1.90. The van der Waals surface area contributed by atoms with Crippen LogP contribution in [0.2, 0.25) is 0 Å². The van der Waals surface area contributed by atoms with E-state index in [1.807, 2.05) is 19.1 Å². The van der Waals surface area contributed by atoms with Crippen molar-refractivity contribution in [2.45, 2.75) is 6.92 Å². The van der Waals surface area contributed by atoms with Crippen molar-refractivity contribution in [1.29, 1.82) is 0 Å². The third-order valence-electron chi connectivity index (χ3n) is 2.96. The summed E-state index contributed by atoms with van der Waals surface area (Å²) < 4.78 is 5.33. The minimum absolute atomic E-state index is 0.203. The van der Waals surface area contributed by atoms with Crippen LogP contribution in [-0.2, 0) is 9.53 Å². The topological polar surface area (TPSA) is 58.2 Å². The molecule has 0 unspecified atom stereocenters. The van der Waals surface area contributed by atoms with E-state index in [4.69, 9.17) is 17.0 Å². The average molecular weight is 273 g/mol. The van der Waals surface area contributed by atoms with Crippen molar-refractivity contribution in [2.24, 2.45) is 0 Å². The lowest BCUT2D eigenvalue weighted by atomic mass is 10.2. The van der Waals surface area contributed by atoms with Gasteiger partial charge in [0, 0.05) is 29.9 Å². The monoisotopic (exact) mass is 273 g/mol.